The minimum Gasteiger partial charge on any atom is -0.478 e. The fourth-order valence-electron chi connectivity index (χ4n) is 2.81. The molecule has 6 nitrogen and oxygen atoms in total. The molecule has 3 aromatic carbocycles. The summed E-state index contributed by atoms with van der Waals surface area (Å²) >= 11 is 0. The number of ketones is 2. The Labute approximate surface area is 183 Å². The Hall–Kier alpha value is -4.58. The fourth-order valence-corrected chi connectivity index (χ4v) is 2.81. The number of carbonyl (C=O) groups is 4. The van der Waals surface area contributed by atoms with Crippen LogP contribution in [-0.4, -0.2) is 33.7 Å². The summed E-state index contributed by atoms with van der Waals surface area (Å²) in [7, 11) is 0. The minimum atomic E-state index is -1.05. The lowest BCUT2D eigenvalue weighted by Crippen LogP contribution is -1.99. The third-order valence-corrected chi connectivity index (χ3v) is 4.62. The smallest absolute Gasteiger partial charge is 0.335 e. The highest BCUT2D eigenvalue weighted by molar-refractivity contribution is 6.08. The highest BCUT2D eigenvalue weighted by Gasteiger charge is 2.06. The Kier molecular flexibility index (Phi) is 6.88. The lowest BCUT2D eigenvalue weighted by Gasteiger charge is -1.99. The van der Waals surface area contributed by atoms with Crippen LogP contribution in [0.3, 0.4) is 0 Å². The van der Waals surface area contributed by atoms with Crippen molar-refractivity contribution >= 4 is 35.7 Å². The van der Waals surface area contributed by atoms with E-state index < -0.39 is 11.9 Å². The Morgan fingerprint density at radius 3 is 1.03 bits per heavy atom. The van der Waals surface area contributed by atoms with Crippen LogP contribution in [0.1, 0.15) is 52.6 Å². The summed E-state index contributed by atoms with van der Waals surface area (Å²) in [5.41, 5.74) is 2.58. The van der Waals surface area contributed by atoms with Gasteiger partial charge in [-0.25, -0.2) is 9.59 Å². The van der Waals surface area contributed by atoms with Crippen molar-refractivity contribution in [1.82, 2.24) is 0 Å². The molecule has 0 heterocycles. The van der Waals surface area contributed by atoms with Crippen LogP contribution in [0.25, 0.3) is 12.2 Å². The van der Waals surface area contributed by atoms with Gasteiger partial charge in [-0.05, 0) is 47.5 Å². The molecule has 0 fully saturated rings. The van der Waals surface area contributed by atoms with Gasteiger partial charge in [-0.3, -0.25) is 9.59 Å². The molecule has 3 aromatic rings. The van der Waals surface area contributed by atoms with Crippen molar-refractivity contribution in [3.05, 3.63) is 118 Å². The highest BCUT2D eigenvalue weighted by Crippen LogP contribution is 2.12. The van der Waals surface area contributed by atoms with Gasteiger partial charge in [0.05, 0.1) is 11.1 Å². The van der Waals surface area contributed by atoms with E-state index in [4.69, 9.17) is 10.2 Å². The first kappa shape index (κ1) is 22.1. The predicted octanol–water partition coefficient (Wildman–Crippen LogP) is 4.88. The molecule has 6 heteroatoms. The standard InChI is InChI=1S/C26H18O6/c27-23(19-7-11-21(12-8-19)25(29)30)15-5-17-1-2-18(4-3-17)6-16-24(28)20-9-13-22(14-10-20)26(31)32/h1-16H,(H,29,30)(H,31,32)/b15-5+,16-6+. The van der Waals surface area contributed by atoms with E-state index in [1.165, 1.54) is 60.7 Å². The average molecular weight is 426 g/mol. The summed E-state index contributed by atoms with van der Waals surface area (Å²) in [5, 5.41) is 17.8. The van der Waals surface area contributed by atoms with Crippen LogP contribution in [-0.2, 0) is 0 Å². The second-order valence-corrected chi connectivity index (χ2v) is 6.83. The van der Waals surface area contributed by atoms with Crippen molar-refractivity contribution in [3.8, 4) is 0 Å². The van der Waals surface area contributed by atoms with E-state index in [2.05, 4.69) is 0 Å². The summed E-state index contributed by atoms with van der Waals surface area (Å²) in [5.74, 6) is -2.59. The van der Waals surface area contributed by atoms with E-state index in [1.807, 2.05) is 0 Å². The number of hydrogen-bond donors (Lipinski definition) is 2. The fraction of sp³-hybridized carbons (Fsp3) is 0. The van der Waals surface area contributed by atoms with Crippen LogP contribution in [0.5, 0.6) is 0 Å². The number of benzene rings is 3. The van der Waals surface area contributed by atoms with Gasteiger partial charge >= 0.3 is 11.9 Å². The van der Waals surface area contributed by atoms with Gasteiger partial charge in [0.15, 0.2) is 11.6 Å². The van der Waals surface area contributed by atoms with Gasteiger partial charge in [-0.15, -0.1) is 0 Å². The van der Waals surface area contributed by atoms with Gasteiger partial charge in [0.1, 0.15) is 0 Å². The molecule has 0 aliphatic carbocycles. The molecule has 2 N–H and O–H groups in total. The van der Waals surface area contributed by atoms with Gasteiger partial charge < -0.3 is 10.2 Å². The van der Waals surface area contributed by atoms with Gasteiger partial charge in [-0.2, -0.15) is 0 Å². The maximum Gasteiger partial charge on any atom is 0.335 e. The molecule has 32 heavy (non-hydrogen) atoms. The first-order valence-corrected chi connectivity index (χ1v) is 9.55. The lowest BCUT2D eigenvalue weighted by molar-refractivity contribution is 0.0686. The molecule has 0 aliphatic heterocycles. The molecule has 0 aliphatic rings. The van der Waals surface area contributed by atoms with Crippen molar-refractivity contribution in [2.75, 3.05) is 0 Å². The van der Waals surface area contributed by atoms with E-state index in [9.17, 15) is 19.2 Å². The summed E-state index contributed by atoms with van der Waals surface area (Å²) < 4.78 is 0. The van der Waals surface area contributed by atoms with E-state index in [1.54, 1.807) is 36.4 Å². The first-order chi connectivity index (χ1) is 15.3. The number of carbonyl (C=O) groups excluding carboxylic acids is 2. The first-order valence-electron chi connectivity index (χ1n) is 9.55. The molecular weight excluding hydrogens is 408 g/mol. The number of carboxylic acid groups (broad SMARTS) is 2. The largest absolute Gasteiger partial charge is 0.478 e. The third kappa shape index (κ3) is 5.73. The summed E-state index contributed by atoms with van der Waals surface area (Å²) in [6.07, 6.45) is 6.11. The van der Waals surface area contributed by atoms with Gasteiger partial charge in [-0.1, -0.05) is 60.7 Å². The molecule has 0 saturated heterocycles. The lowest BCUT2D eigenvalue weighted by atomic mass is 10.1. The number of allylic oxidation sites excluding steroid dienone is 2. The molecule has 0 atom stereocenters. The zero-order valence-corrected chi connectivity index (χ0v) is 16.8. The van der Waals surface area contributed by atoms with Crippen molar-refractivity contribution in [2.45, 2.75) is 0 Å². The van der Waals surface area contributed by atoms with Crippen LogP contribution < -0.4 is 0 Å². The third-order valence-electron chi connectivity index (χ3n) is 4.62. The molecule has 3 rings (SSSR count). The maximum atomic E-state index is 12.2. The molecule has 0 radical (unpaired) electrons. The Morgan fingerprint density at radius 1 is 0.469 bits per heavy atom. The van der Waals surface area contributed by atoms with E-state index >= 15 is 0 Å². The van der Waals surface area contributed by atoms with E-state index in [0.29, 0.717) is 11.1 Å². The predicted molar refractivity (Wildman–Crippen MR) is 120 cm³/mol. The topological polar surface area (TPSA) is 109 Å². The van der Waals surface area contributed by atoms with Crippen LogP contribution in [0.4, 0.5) is 0 Å². The zero-order chi connectivity index (χ0) is 23.1. The van der Waals surface area contributed by atoms with Gasteiger partial charge in [0.2, 0.25) is 0 Å². The van der Waals surface area contributed by atoms with Gasteiger partial charge in [0.25, 0.3) is 0 Å². The van der Waals surface area contributed by atoms with Crippen molar-refractivity contribution < 1.29 is 29.4 Å². The van der Waals surface area contributed by atoms with Gasteiger partial charge in [0, 0.05) is 11.1 Å². The summed E-state index contributed by atoms with van der Waals surface area (Å²) in [6, 6.07) is 18.6. The second-order valence-electron chi connectivity index (χ2n) is 6.83. The SMILES string of the molecule is O=C(O)c1ccc(C(=O)/C=C/c2ccc(/C=C/C(=O)c3ccc(C(=O)O)cc3)cc2)cc1. The van der Waals surface area contributed by atoms with Crippen LogP contribution in [0, 0.1) is 0 Å². The zero-order valence-electron chi connectivity index (χ0n) is 16.8. The second kappa shape index (κ2) is 9.95. The number of rotatable bonds is 8. The number of hydrogen-bond acceptors (Lipinski definition) is 4. The van der Waals surface area contributed by atoms with Crippen molar-refractivity contribution in [2.24, 2.45) is 0 Å². The summed E-state index contributed by atoms with van der Waals surface area (Å²) in [4.78, 5) is 46.2. The average Bonchev–Trinajstić information content (AvgIpc) is 2.81. The van der Waals surface area contributed by atoms with Crippen LogP contribution in [0.2, 0.25) is 0 Å². The summed E-state index contributed by atoms with van der Waals surface area (Å²) in [6.45, 7) is 0. The van der Waals surface area contributed by atoms with Crippen LogP contribution >= 0.6 is 0 Å². The molecule has 0 spiro atoms. The highest BCUT2D eigenvalue weighted by atomic mass is 16.4. The molecule has 0 bridgehead atoms. The molecule has 158 valence electrons. The number of aromatic carboxylic acids is 2. The number of carboxylic acids is 2. The maximum absolute atomic E-state index is 12.2. The Balaban J connectivity index is 1.61. The van der Waals surface area contributed by atoms with Crippen LogP contribution in [0.15, 0.2) is 84.9 Å². The molecular formula is C26H18O6. The Bertz CT molecular complexity index is 1120. The van der Waals surface area contributed by atoms with Crippen molar-refractivity contribution in [3.63, 3.8) is 0 Å². The molecule has 0 saturated carbocycles. The molecule has 0 amide bonds. The molecule has 0 aromatic heterocycles. The normalized spacial score (nSPS) is 11.0. The minimum absolute atomic E-state index is 0.116. The molecule has 0 unspecified atom stereocenters. The van der Waals surface area contributed by atoms with E-state index in [0.717, 1.165) is 11.1 Å². The monoisotopic (exact) mass is 426 g/mol. The van der Waals surface area contributed by atoms with Crippen molar-refractivity contribution in [1.29, 1.82) is 0 Å². The quantitative estimate of drug-likeness (QED) is 0.393. The van der Waals surface area contributed by atoms with E-state index in [-0.39, 0.29) is 22.7 Å². The Morgan fingerprint density at radius 2 is 0.750 bits per heavy atom.